The Balaban J connectivity index is 2.05. The second-order valence-corrected chi connectivity index (χ2v) is 6.38. The molecule has 1 fully saturated rings. The molecular weight excluding hydrogens is 308 g/mol. The van der Waals surface area contributed by atoms with Crippen LogP contribution in [0.1, 0.15) is 33.1 Å². The predicted molar refractivity (Wildman–Crippen MR) is 80.4 cm³/mol. The van der Waals surface area contributed by atoms with Crippen LogP contribution in [-0.4, -0.2) is 11.0 Å². The summed E-state index contributed by atoms with van der Waals surface area (Å²) in [5.74, 6) is 1.52. The van der Waals surface area contributed by atoms with E-state index in [-0.39, 0.29) is 10.6 Å². The fourth-order valence-electron chi connectivity index (χ4n) is 2.63. The van der Waals surface area contributed by atoms with Crippen molar-refractivity contribution in [3.05, 3.63) is 32.8 Å². The summed E-state index contributed by atoms with van der Waals surface area (Å²) in [6, 6.07) is 5.34. The third-order valence-electron chi connectivity index (χ3n) is 4.12. The first kappa shape index (κ1) is 14.3. The van der Waals surface area contributed by atoms with Crippen LogP contribution in [0, 0.1) is 22.0 Å². The van der Waals surface area contributed by atoms with E-state index in [2.05, 4.69) is 35.1 Å². The van der Waals surface area contributed by atoms with Gasteiger partial charge >= 0.3 is 0 Å². The molecule has 1 saturated carbocycles. The van der Waals surface area contributed by atoms with Gasteiger partial charge in [0.2, 0.25) is 0 Å². The van der Waals surface area contributed by atoms with Gasteiger partial charge < -0.3 is 5.32 Å². The topological polar surface area (TPSA) is 55.2 Å². The molecule has 0 radical (unpaired) electrons. The maximum Gasteiger partial charge on any atom is 0.270 e. The number of hydrogen-bond acceptors (Lipinski definition) is 3. The minimum absolute atomic E-state index is 0.114. The van der Waals surface area contributed by atoms with Crippen LogP contribution >= 0.6 is 15.9 Å². The molecule has 1 aliphatic rings. The molecule has 3 atom stereocenters. The lowest BCUT2D eigenvalue weighted by molar-refractivity contribution is -0.384. The van der Waals surface area contributed by atoms with Gasteiger partial charge in [0.25, 0.3) is 5.69 Å². The number of nitrogens with zero attached hydrogens (tertiary/aromatic N) is 1. The average molecular weight is 327 g/mol. The van der Waals surface area contributed by atoms with Crippen molar-refractivity contribution in [3.8, 4) is 0 Å². The van der Waals surface area contributed by atoms with E-state index in [1.54, 1.807) is 18.2 Å². The molecule has 0 amide bonds. The van der Waals surface area contributed by atoms with Crippen molar-refractivity contribution in [2.45, 2.75) is 39.2 Å². The molecule has 4 nitrogen and oxygen atoms in total. The monoisotopic (exact) mass is 326 g/mol. The van der Waals surface area contributed by atoms with Crippen LogP contribution < -0.4 is 5.32 Å². The Labute approximate surface area is 121 Å². The molecule has 2 rings (SSSR count). The number of hydrogen-bond donors (Lipinski definition) is 1. The molecule has 0 aromatic heterocycles. The Morgan fingerprint density at radius 1 is 1.32 bits per heavy atom. The van der Waals surface area contributed by atoms with Gasteiger partial charge in [0.05, 0.1) is 4.92 Å². The van der Waals surface area contributed by atoms with Gasteiger partial charge in [-0.15, -0.1) is 0 Å². The van der Waals surface area contributed by atoms with Crippen molar-refractivity contribution in [3.63, 3.8) is 0 Å². The minimum Gasteiger partial charge on any atom is -0.381 e. The minimum atomic E-state index is -0.376. The molecule has 0 aliphatic heterocycles. The molecule has 0 heterocycles. The van der Waals surface area contributed by atoms with E-state index in [1.165, 1.54) is 6.42 Å². The van der Waals surface area contributed by atoms with Gasteiger partial charge in [-0.1, -0.05) is 13.8 Å². The van der Waals surface area contributed by atoms with Gasteiger partial charge in [0, 0.05) is 28.3 Å². The predicted octanol–water partition coefficient (Wildman–Crippen LogP) is 4.59. The van der Waals surface area contributed by atoms with Crippen molar-refractivity contribution in [2.75, 3.05) is 5.32 Å². The zero-order valence-electron chi connectivity index (χ0n) is 11.2. The van der Waals surface area contributed by atoms with Crippen molar-refractivity contribution in [2.24, 2.45) is 11.8 Å². The van der Waals surface area contributed by atoms with Crippen LogP contribution in [0.5, 0.6) is 0 Å². The van der Waals surface area contributed by atoms with E-state index in [0.717, 1.165) is 34.8 Å². The second kappa shape index (κ2) is 5.90. The number of nitro groups is 1. The summed E-state index contributed by atoms with van der Waals surface area (Å²) in [6.07, 6.45) is 3.56. The quantitative estimate of drug-likeness (QED) is 0.652. The summed E-state index contributed by atoms with van der Waals surface area (Å²) in [4.78, 5) is 10.3. The first-order chi connectivity index (χ1) is 8.97. The first-order valence-corrected chi connectivity index (χ1v) is 7.47. The van der Waals surface area contributed by atoms with E-state index in [0.29, 0.717) is 6.04 Å². The Bertz CT molecular complexity index is 479. The van der Waals surface area contributed by atoms with Crippen LogP contribution in [0.4, 0.5) is 11.4 Å². The van der Waals surface area contributed by atoms with Crippen LogP contribution in [0.25, 0.3) is 0 Å². The molecule has 5 heteroatoms. The third-order valence-corrected chi connectivity index (χ3v) is 4.78. The largest absolute Gasteiger partial charge is 0.381 e. The van der Waals surface area contributed by atoms with Gasteiger partial charge in [-0.25, -0.2) is 0 Å². The normalized spacial score (nSPS) is 27.0. The van der Waals surface area contributed by atoms with E-state index >= 15 is 0 Å². The summed E-state index contributed by atoms with van der Waals surface area (Å²) < 4.78 is 0.757. The van der Waals surface area contributed by atoms with Gasteiger partial charge in [-0.05, 0) is 53.1 Å². The summed E-state index contributed by atoms with van der Waals surface area (Å²) in [7, 11) is 0. The third kappa shape index (κ3) is 3.47. The molecule has 1 aromatic rings. The van der Waals surface area contributed by atoms with Gasteiger partial charge in [-0.2, -0.15) is 0 Å². The molecule has 1 N–H and O–H groups in total. The van der Waals surface area contributed by atoms with Crippen LogP contribution in [0.3, 0.4) is 0 Å². The lowest BCUT2D eigenvalue weighted by Gasteiger charge is -2.33. The fraction of sp³-hybridized carbons (Fsp3) is 0.571. The number of nitrogens with one attached hydrogen (secondary N) is 1. The zero-order chi connectivity index (χ0) is 14.0. The van der Waals surface area contributed by atoms with Crippen molar-refractivity contribution < 1.29 is 4.92 Å². The second-order valence-electron chi connectivity index (χ2n) is 5.53. The number of non-ortho nitro benzene ring substituents is 1. The lowest BCUT2D eigenvalue weighted by atomic mass is 9.79. The highest BCUT2D eigenvalue weighted by Crippen LogP contribution is 2.33. The molecule has 0 saturated heterocycles. The highest BCUT2D eigenvalue weighted by molar-refractivity contribution is 9.10. The van der Waals surface area contributed by atoms with Crippen molar-refractivity contribution >= 4 is 27.3 Å². The molecule has 104 valence electrons. The Kier molecular flexibility index (Phi) is 4.45. The number of anilines is 1. The molecular formula is C14H19BrN2O2. The molecule has 0 bridgehead atoms. The average Bonchev–Trinajstić information content (AvgIpc) is 2.36. The van der Waals surface area contributed by atoms with E-state index in [1.807, 2.05) is 0 Å². The van der Waals surface area contributed by atoms with Gasteiger partial charge in [0.15, 0.2) is 0 Å². The van der Waals surface area contributed by atoms with Crippen LogP contribution in [-0.2, 0) is 0 Å². The highest BCUT2D eigenvalue weighted by Gasteiger charge is 2.24. The number of halogens is 1. The molecule has 3 unspecified atom stereocenters. The maximum absolute atomic E-state index is 10.7. The number of rotatable bonds is 3. The maximum atomic E-state index is 10.7. The van der Waals surface area contributed by atoms with E-state index in [4.69, 9.17) is 0 Å². The molecule has 0 spiro atoms. The first-order valence-electron chi connectivity index (χ1n) is 6.68. The fourth-order valence-corrected chi connectivity index (χ4v) is 3.11. The lowest BCUT2D eigenvalue weighted by Crippen LogP contribution is -2.30. The van der Waals surface area contributed by atoms with Crippen LogP contribution in [0.2, 0.25) is 0 Å². The van der Waals surface area contributed by atoms with E-state index in [9.17, 15) is 10.1 Å². The van der Waals surface area contributed by atoms with Gasteiger partial charge in [-0.3, -0.25) is 10.1 Å². The SMILES string of the molecule is CC1CCC(Nc2ccc([N+](=O)[O-])cc2Br)CC1C. The molecule has 1 aromatic carbocycles. The zero-order valence-corrected chi connectivity index (χ0v) is 12.8. The molecule has 19 heavy (non-hydrogen) atoms. The summed E-state index contributed by atoms with van der Waals surface area (Å²) in [6.45, 7) is 4.60. The van der Waals surface area contributed by atoms with Crippen LogP contribution in [0.15, 0.2) is 22.7 Å². The standard InChI is InChI=1S/C14H19BrN2O2/c1-9-3-4-11(7-10(9)2)16-14-6-5-12(17(18)19)8-13(14)15/h5-6,8-11,16H,3-4,7H2,1-2H3. The Morgan fingerprint density at radius 2 is 2.05 bits per heavy atom. The Hall–Kier alpha value is -1.10. The highest BCUT2D eigenvalue weighted by atomic mass is 79.9. The Morgan fingerprint density at radius 3 is 2.63 bits per heavy atom. The number of benzene rings is 1. The summed E-state index contributed by atoms with van der Waals surface area (Å²) in [5.41, 5.74) is 1.06. The summed E-state index contributed by atoms with van der Waals surface area (Å²) in [5, 5.41) is 14.2. The van der Waals surface area contributed by atoms with Crippen molar-refractivity contribution in [1.82, 2.24) is 0 Å². The smallest absolute Gasteiger partial charge is 0.270 e. The van der Waals surface area contributed by atoms with Gasteiger partial charge in [0.1, 0.15) is 0 Å². The number of nitro benzene ring substituents is 1. The van der Waals surface area contributed by atoms with Crippen molar-refractivity contribution in [1.29, 1.82) is 0 Å². The van der Waals surface area contributed by atoms with E-state index < -0.39 is 0 Å². The summed E-state index contributed by atoms with van der Waals surface area (Å²) >= 11 is 3.40. The molecule has 1 aliphatic carbocycles.